The van der Waals surface area contributed by atoms with Gasteiger partial charge in [-0.25, -0.2) is 0 Å². The molecule has 2 aliphatic rings. The van der Waals surface area contributed by atoms with Crippen LogP contribution in [0.15, 0.2) is 0 Å². The molecule has 4 heteroatoms. The average Bonchev–Trinajstić information content (AvgIpc) is 2.76. The number of hydrogen-bond donors (Lipinski definition) is 2. The first-order chi connectivity index (χ1) is 9.16. The predicted octanol–water partition coefficient (Wildman–Crippen LogP) is 1.53. The van der Waals surface area contributed by atoms with Crippen LogP contribution >= 0.6 is 0 Å². The molecule has 0 aromatic rings. The molecule has 19 heavy (non-hydrogen) atoms. The number of rotatable bonds is 5. The average molecular weight is 268 g/mol. The van der Waals surface area contributed by atoms with E-state index in [1.807, 2.05) is 11.9 Å². The van der Waals surface area contributed by atoms with Gasteiger partial charge in [0.05, 0.1) is 12.1 Å². The van der Waals surface area contributed by atoms with Crippen LogP contribution in [0.5, 0.6) is 0 Å². The largest absolute Gasteiger partial charge is 0.392 e. The van der Waals surface area contributed by atoms with Gasteiger partial charge in [0.1, 0.15) is 0 Å². The van der Waals surface area contributed by atoms with Crippen molar-refractivity contribution in [3.05, 3.63) is 0 Å². The molecule has 0 radical (unpaired) electrons. The molecule has 1 saturated heterocycles. The van der Waals surface area contributed by atoms with Crippen LogP contribution in [0.2, 0.25) is 0 Å². The molecule has 2 fully saturated rings. The Morgan fingerprint density at radius 1 is 1.26 bits per heavy atom. The molecule has 2 atom stereocenters. The zero-order chi connectivity index (χ0) is 13.7. The molecule has 2 rings (SSSR count). The Hall–Kier alpha value is -0.610. The number of aliphatic hydroxyl groups excluding tert-OH is 1. The van der Waals surface area contributed by atoms with E-state index in [1.54, 1.807) is 0 Å². The number of carbonyl (C=O) groups excluding carboxylic acids is 1. The molecule has 4 nitrogen and oxygen atoms in total. The van der Waals surface area contributed by atoms with Crippen molar-refractivity contribution in [2.24, 2.45) is 5.92 Å². The lowest BCUT2D eigenvalue weighted by Crippen LogP contribution is -2.46. The van der Waals surface area contributed by atoms with Gasteiger partial charge in [-0.3, -0.25) is 9.69 Å². The Kier molecular flexibility index (Phi) is 5.64. The summed E-state index contributed by atoms with van der Waals surface area (Å²) in [4.78, 5) is 14.0. The molecule has 2 N–H and O–H groups in total. The van der Waals surface area contributed by atoms with Gasteiger partial charge >= 0.3 is 0 Å². The number of nitrogens with zero attached hydrogens (tertiary/aromatic N) is 1. The maximum absolute atomic E-state index is 11.9. The van der Waals surface area contributed by atoms with Gasteiger partial charge in [0.25, 0.3) is 0 Å². The van der Waals surface area contributed by atoms with E-state index in [0.29, 0.717) is 12.5 Å². The first-order valence-corrected chi connectivity index (χ1v) is 7.83. The summed E-state index contributed by atoms with van der Waals surface area (Å²) in [6.07, 6.45) is 8.86. The second-order valence-corrected chi connectivity index (χ2v) is 6.28. The van der Waals surface area contributed by atoms with Crippen LogP contribution in [0, 0.1) is 5.92 Å². The highest BCUT2D eigenvalue weighted by Crippen LogP contribution is 2.28. The van der Waals surface area contributed by atoms with Crippen LogP contribution in [-0.4, -0.2) is 48.2 Å². The van der Waals surface area contributed by atoms with Crippen LogP contribution in [0.3, 0.4) is 0 Å². The second-order valence-electron chi connectivity index (χ2n) is 6.28. The third-order valence-corrected chi connectivity index (χ3v) is 4.62. The topological polar surface area (TPSA) is 52.6 Å². The van der Waals surface area contributed by atoms with Gasteiger partial charge in [0.15, 0.2) is 0 Å². The monoisotopic (exact) mass is 268 g/mol. The number of amides is 1. The second kappa shape index (κ2) is 7.25. The highest BCUT2D eigenvalue weighted by molar-refractivity contribution is 5.81. The van der Waals surface area contributed by atoms with E-state index in [-0.39, 0.29) is 18.1 Å². The molecule has 1 saturated carbocycles. The molecule has 1 heterocycles. The molecule has 0 bridgehead atoms. The van der Waals surface area contributed by atoms with E-state index in [2.05, 4.69) is 5.32 Å². The summed E-state index contributed by atoms with van der Waals surface area (Å²) in [5.74, 6) is 0.833. The van der Waals surface area contributed by atoms with E-state index >= 15 is 0 Å². The summed E-state index contributed by atoms with van der Waals surface area (Å²) >= 11 is 0. The first kappa shape index (κ1) is 14.8. The van der Waals surface area contributed by atoms with Gasteiger partial charge in [-0.15, -0.1) is 0 Å². The summed E-state index contributed by atoms with van der Waals surface area (Å²) in [5, 5.41) is 13.2. The molecular formula is C15H28N2O2. The normalized spacial score (nSPS) is 27.3. The minimum atomic E-state index is -0.288. The van der Waals surface area contributed by atoms with Crippen molar-refractivity contribution < 1.29 is 9.90 Å². The third kappa shape index (κ3) is 4.46. The van der Waals surface area contributed by atoms with Gasteiger partial charge in [-0.2, -0.15) is 0 Å². The fourth-order valence-electron chi connectivity index (χ4n) is 3.51. The Morgan fingerprint density at radius 3 is 2.68 bits per heavy atom. The number of carbonyl (C=O) groups is 1. The maximum Gasteiger partial charge on any atom is 0.237 e. The molecule has 0 aromatic carbocycles. The van der Waals surface area contributed by atoms with Crippen LogP contribution < -0.4 is 5.32 Å². The lowest BCUT2D eigenvalue weighted by Gasteiger charge is -2.28. The molecule has 1 aliphatic heterocycles. The Morgan fingerprint density at radius 2 is 1.95 bits per heavy atom. The van der Waals surface area contributed by atoms with Crippen molar-refractivity contribution in [2.45, 2.75) is 63.5 Å². The van der Waals surface area contributed by atoms with Crippen molar-refractivity contribution in [2.75, 3.05) is 20.1 Å². The zero-order valence-corrected chi connectivity index (χ0v) is 12.1. The first-order valence-electron chi connectivity index (χ1n) is 7.83. The fraction of sp³-hybridized carbons (Fsp3) is 0.933. The van der Waals surface area contributed by atoms with Crippen LogP contribution in [0.1, 0.15) is 51.4 Å². The lowest BCUT2D eigenvalue weighted by molar-refractivity contribution is -0.126. The maximum atomic E-state index is 11.9. The Labute approximate surface area is 116 Å². The van der Waals surface area contributed by atoms with Crippen molar-refractivity contribution in [1.29, 1.82) is 0 Å². The summed E-state index contributed by atoms with van der Waals surface area (Å²) < 4.78 is 0. The number of likely N-dealkylation sites (N-methyl/N-ethyl adjacent to an activating group) is 1. The van der Waals surface area contributed by atoms with Crippen molar-refractivity contribution in [1.82, 2.24) is 10.2 Å². The van der Waals surface area contributed by atoms with Gasteiger partial charge in [0.2, 0.25) is 5.91 Å². The van der Waals surface area contributed by atoms with Crippen molar-refractivity contribution >= 4 is 5.91 Å². The minimum absolute atomic E-state index is 0.0549. The number of aliphatic hydroxyl groups is 1. The van der Waals surface area contributed by atoms with E-state index in [4.69, 9.17) is 0 Å². The van der Waals surface area contributed by atoms with Crippen LogP contribution in [0.25, 0.3) is 0 Å². The quantitative estimate of drug-likeness (QED) is 0.795. The minimum Gasteiger partial charge on any atom is -0.392 e. The highest BCUT2D eigenvalue weighted by atomic mass is 16.3. The lowest BCUT2D eigenvalue weighted by atomic mass is 9.99. The number of nitrogens with one attached hydrogen (secondary N) is 1. The Bertz CT molecular complexity index is 290. The van der Waals surface area contributed by atoms with E-state index in [1.165, 1.54) is 25.7 Å². The van der Waals surface area contributed by atoms with Gasteiger partial charge in [-0.05, 0) is 38.6 Å². The molecule has 0 aromatic heterocycles. The highest BCUT2D eigenvalue weighted by Gasteiger charge is 2.27. The van der Waals surface area contributed by atoms with Crippen molar-refractivity contribution in [3.63, 3.8) is 0 Å². The van der Waals surface area contributed by atoms with Gasteiger partial charge < -0.3 is 10.4 Å². The van der Waals surface area contributed by atoms with E-state index in [0.717, 1.165) is 32.2 Å². The van der Waals surface area contributed by atoms with Crippen LogP contribution in [0.4, 0.5) is 0 Å². The fourth-order valence-corrected chi connectivity index (χ4v) is 3.51. The Balaban J connectivity index is 1.77. The summed E-state index contributed by atoms with van der Waals surface area (Å²) in [6, 6.07) is -0.0549. The van der Waals surface area contributed by atoms with Gasteiger partial charge in [-0.1, -0.05) is 25.7 Å². The van der Waals surface area contributed by atoms with E-state index in [9.17, 15) is 9.90 Å². The van der Waals surface area contributed by atoms with E-state index < -0.39 is 0 Å². The third-order valence-electron chi connectivity index (χ3n) is 4.62. The molecule has 1 aliphatic carbocycles. The summed E-state index contributed by atoms with van der Waals surface area (Å²) in [7, 11) is 1.97. The molecule has 110 valence electrons. The standard InChI is InChI=1S/C15H28N2O2/c1-17(14-8-4-5-9-16-15(14)19)11-13(18)10-12-6-2-3-7-12/h12-14,18H,2-11H2,1H3,(H,16,19)/t13-,14-/m1/s1. The van der Waals surface area contributed by atoms with Crippen LogP contribution in [-0.2, 0) is 4.79 Å². The number of hydrogen-bond acceptors (Lipinski definition) is 3. The molecule has 0 unspecified atom stereocenters. The molecule has 0 spiro atoms. The molecular weight excluding hydrogens is 240 g/mol. The van der Waals surface area contributed by atoms with Crippen molar-refractivity contribution in [3.8, 4) is 0 Å². The predicted molar refractivity (Wildman–Crippen MR) is 75.9 cm³/mol. The smallest absolute Gasteiger partial charge is 0.237 e. The zero-order valence-electron chi connectivity index (χ0n) is 12.1. The molecule has 1 amide bonds. The summed E-state index contributed by atoms with van der Waals surface area (Å²) in [5.41, 5.74) is 0. The summed E-state index contributed by atoms with van der Waals surface area (Å²) in [6.45, 7) is 1.42. The SMILES string of the molecule is CN(C[C@H](O)CC1CCCC1)[C@@H]1CCCCNC1=O. The van der Waals surface area contributed by atoms with Gasteiger partial charge in [0, 0.05) is 13.1 Å².